The Morgan fingerprint density at radius 2 is 1.88 bits per heavy atom. The Hall–Kier alpha value is -1.32. The largest absolute Gasteiger partial charge is 0.289 e. The standard InChI is InChI=1S/C15H11BrO.C7H14S/c16-14-9-7-13(8-10-14)15(17)11-6-12-4-2-1-3-5-12;1-2-4-7-5-3-6-8-7/h1-11H;7H,2-6H2,1H3. The van der Waals surface area contributed by atoms with Crippen molar-refractivity contribution in [3.63, 3.8) is 0 Å². The smallest absolute Gasteiger partial charge is 0.185 e. The molecular formula is C22H25BrOS. The molecule has 0 N–H and O–H groups in total. The van der Waals surface area contributed by atoms with Crippen LogP contribution in [0.5, 0.6) is 0 Å². The van der Waals surface area contributed by atoms with Gasteiger partial charge in [0, 0.05) is 15.3 Å². The number of allylic oxidation sites excluding steroid dienone is 1. The zero-order chi connectivity index (χ0) is 17.9. The van der Waals surface area contributed by atoms with Gasteiger partial charge < -0.3 is 0 Å². The fourth-order valence-corrected chi connectivity index (χ4v) is 4.31. The minimum atomic E-state index is 0.0151. The molecule has 0 spiro atoms. The molecule has 2 aromatic rings. The van der Waals surface area contributed by atoms with Gasteiger partial charge in [-0.25, -0.2) is 0 Å². The Morgan fingerprint density at radius 3 is 2.48 bits per heavy atom. The van der Waals surface area contributed by atoms with Crippen LogP contribution in [0.25, 0.3) is 6.08 Å². The molecule has 1 fully saturated rings. The number of thioether (sulfide) groups is 1. The summed E-state index contributed by atoms with van der Waals surface area (Å²) in [5.74, 6) is 1.44. The van der Waals surface area contributed by atoms with E-state index in [9.17, 15) is 4.79 Å². The van der Waals surface area contributed by atoms with E-state index in [4.69, 9.17) is 0 Å². The van der Waals surface area contributed by atoms with E-state index in [2.05, 4.69) is 34.6 Å². The molecule has 0 aromatic heterocycles. The van der Waals surface area contributed by atoms with Gasteiger partial charge in [-0.1, -0.05) is 65.7 Å². The second kappa shape index (κ2) is 11.3. The lowest BCUT2D eigenvalue weighted by Gasteiger charge is -2.02. The molecule has 1 aliphatic heterocycles. The van der Waals surface area contributed by atoms with Crippen LogP contribution in [0.4, 0.5) is 0 Å². The highest BCUT2D eigenvalue weighted by Crippen LogP contribution is 2.29. The number of hydrogen-bond acceptors (Lipinski definition) is 2. The topological polar surface area (TPSA) is 17.1 Å². The highest BCUT2D eigenvalue weighted by atomic mass is 79.9. The lowest BCUT2D eigenvalue weighted by Crippen LogP contribution is -1.93. The third kappa shape index (κ3) is 7.62. The molecule has 1 unspecified atom stereocenters. The Labute approximate surface area is 164 Å². The summed E-state index contributed by atoms with van der Waals surface area (Å²) >= 11 is 5.51. The number of rotatable bonds is 5. The second-order valence-electron chi connectivity index (χ2n) is 6.04. The third-order valence-electron chi connectivity index (χ3n) is 3.99. The van der Waals surface area contributed by atoms with Crippen LogP contribution < -0.4 is 0 Å². The SMILES string of the molecule is CCCC1CCCS1.O=C(C=Cc1ccccc1)c1ccc(Br)cc1. The van der Waals surface area contributed by atoms with E-state index in [1.807, 2.05) is 60.7 Å². The molecule has 1 nitrogen and oxygen atoms in total. The van der Waals surface area contributed by atoms with Gasteiger partial charge in [-0.3, -0.25) is 4.79 Å². The van der Waals surface area contributed by atoms with Crippen LogP contribution in [-0.4, -0.2) is 16.8 Å². The summed E-state index contributed by atoms with van der Waals surface area (Å²) in [5, 5.41) is 1.03. The van der Waals surface area contributed by atoms with Crippen LogP contribution >= 0.6 is 27.7 Å². The summed E-state index contributed by atoms with van der Waals surface area (Å²) in [7, 11) is 0. The average Bonchev–Trinajstić information content (AvgIpc) is 3.15. The first kappa shape index (κ1) is 20.0. The summed E-state index contributed by atoms with van der Waals surface area (Å²) in [6, 6.07) is 17.1. The van der Waals surface area contributed by atoms with E-state index in [1.165, 1.54) is 31.4 Å². The van der Waals surface area contributed by atoms with Crippen molar-refractivity contribution < 1.29 is 4.79 Å². The first-order valence-corrected chi connectivity index (χ1v) is 10.7. The third-order valence-corrected chi connectivity index (χ3v) is 5.99. The van der Waals surface area contributed by atoms with Gasteiger partial charge in [-0.2, -0.15) is 11.8 Å². The number of hydrogen-bond donors (Lipinski definition) is 0. The van der Waals surface area contributed by atoms with Crippen LogP contribution in [-0.2, 0) is 0 Å². The van der Waals surface area contributed by atoms with Crippen molar-refractivity contribution in [2.75, 3.05) is 5.75 Å². The summed E-state index contributed by atoms with van der Waals surface area (Å²) in [4.78, 5) is 11.8. The molecule has 0 bridgehead atoms. The molecule has 2 aromatic carbocycles. The van der Waals surface area contributed by atoms with Crippen LogP contribution in [0.1, 0.15) is 48.5 Å². The average molecular weight is 417 g/mol. The molecule has 0 aliphatic carbocycles. The van der Waals surface area contributed by atoms with E-state index in [1.54, 1.807) is 6.08 Å². The minimum absolute atomic E-state index is 0.0151. The summed E-state index contributed by atoms with van der Waals surface area (Å²) in [5.41, 5.74) is 1.72. The molecule has 132 valence electrons. The molecular weight excluding hydrogens is 392 g/mol. The number of carbonyl (C=O) groups excluding carboxylic acids is 1. The predicted molar refractivity (Wildman–Crippen MR) is 114 cm³/mol. The monoisotopic (exact) mass is 416 g/mol. The van der Waals surface area contributed by atoms with Gasteiger partial charge >= 0.3 is 0 Å². The van der Waals surface area contributed by atoms with Crippen molar-refractivity contribution in [3.8, 4) is 0 Å². The van der Waals surface area contributed by atoms with Gasteiger partial charge in [0.25, 0.3) is 0 Å². The van der Waals surface area contributed by atoms with Crippen LogP contribution in [0, 0.1) is 0 Å². The lowest BCUT2D eigenvalue weighted by atomic mass is 10.1. The van der Waals surface area contributed by atoms with Crippen molar-refractivity contribution >= 4 is 39.6 Å². The van der Waals surface area contributed by atoms with Crippen molar-refractivity contribution in [3.05, 3.63) is 76.3 Å². The summed E-state index contributed by atoms with van der Waals surface area (Å²) in [6.07, 6.45) is 9.19. The van der Waals surface area contributed by atoms with E-state index < -0.39 is 0 Å². The first-order valence-electron chi connectivity index (χ1n) is 8.83. The van der Waals surface area contributed by atoms with Gasteiger partial charge in [-0.15, -0.1) is 0 Å². The number of carbonyl (C=O) groups is 1. The molecule has 1 atom stereocenters. The fourth-order valence-electron chi connectivity index (χ4n) is 2.64. The lowest BCUT2D eigenvalue weighted by molar-refractivity contribution is 0.104. The molecule has 1 aliphatic rings. The van der Waals surface area contributed by atoms with Gasteiger partial charge in [-0.05, 0) is 60.9 Å². The van der Waals surface area contributed by atoms with E-state index in [0.29, 0.717) is 5.56 Å². The first-order chi connectivity index (χ1) is 12.2. The Bertz CT molecular complexity index is 658. The zero-order valence-corrected chi connectivity index (χ0v) is 17.1. The number of halogens is 1. The molecule has 3 heteroatoms. The maximum Gasteiger partial charge on any atom is 0.185 e. The molecule has 25 heavy (non-hydrogen) atoms. The zero-order valence-electron chi connectivity index (χ0n) is 14.7. The van der Waals surface area contributed by atoms with E-state index >= 15 is 0 Å². The molecule has 0 saturated carbocycles. The van der Waals surface area contributed by atoms with E-state index in [0.717, 1.165) is 15.3 Å². The van der Waals surface area contributed by atoms with E-state index in [-0.39, 0.29) is 5.78 Å². The van der Waals surface area contributed by atoms with Gasteiger partial charge in [0.2, 0.25) is 0 Å². The molecule has 3 rings (SSSR count). The summed E-state index contributed by atoms with van der Waals surface area (Å²) < 4.78 is 0.973. The molecule has 0 amide bonds. The van der Waals surface area contributed by atoms with Crippen LogP contribution in [0.3, 0.4) is 0 Å². The fraction of sp³-hybridized carbons (Fsp3) is 0.318. The molecule has 1 heterocycles. The highest BCUT2D eigenvalue weighted by Gasteiger charge is 2.13. The number of benzene rings is 2. The van der Waals surface area contributed by atoms with Crippen LogP contribution in [0.2, 0.25) is 0 Å². The minimum Gasteiger partial charge on any atom is -0.289 e. The Morgan fingerprint density at radius 1 is 1.16 bits per heavy atom. The van der Waals surface area contributed by atoms with Crippen LogP contribution in [0.15, 0.2) is 65.1 Å². The van der Waals surface area contributed by atoms with Gasteiger partial charge in [0.15, 0.2) is 5.78 Å². The normalized spacial score (nSPS) is 16.5. The molecule has 1 saturated heterocycles. The quantitative estimate of drug-likeness (QED) is 0.384. The Balaban J connectivity index is 0.000000236. The second-order valence-corrected chi connectivity index (χ2v) is 8.36. The predicted octanol–water partition coefficient (Wildman–Crippen LogP) is 7.03. The summed E-state index contributed by atoms with van der Waals surface area (Å²) in [6.45, 7) is 2.28. The Kier molecular flexibility index (Phi) is 9.06. The molecule has 0 radical (unpaired) electrons. The van der Waals surface area contributed by atoms with Crippen molar-refractivity contribution in [2.24, 2.45) is 0 Å². The van der Waals surface area contributed by atoms with Crippen molar-refractivity contribution in [1.82, 2.24) is 0 Å². The van der Waals surface area contributed by atoms with Crippen molar-refractivity contribution in [1.29, 1.82) is 0 Å². The number of ketones is 1. The maximum absolute atomic E-state index is 11.8. The maximum atomic E-state index is 11.8. The van der Waals surface area contributed by atoms with Gasteiger partial charge in [0.1, 0.15) is 0 Å². The van der Waals surface area contributed by atoms with Gasteiger partial charge in [0.05, 0.1) is 0 Å². The highest BCUT2D eigenvalue weighted by molar-refractivity contribution is 9.10. The van der Waals surface area contributed by atoms with Crippen molar-refractivity contribution in [2.45, 2.75) is 37.9 Å².